The maximum atomic E-state index is 6.04. The molecule has 0 amide bonds. The Kier molecular flexibility index (Phi) is 2.08. The lowest BCUT2D eigenvalue weighted by Crippen LogP contribution is -2.23. The fourth-order valence-electron chi connectivity index (χ4n) is 2.65. The summed E-state index contributed by atoms with van der Waals surface area (Å²) in [5.74, 6) is 1.20. The van der Waals surface area contributed by atoms with Crippen LogP contribution in [0.3, 0.4) is 0 Å². The van der Waals surface area contributed by atoms with Crippen molar-refractivity contribution >= 4 is 11.0 Å². The van der Waals surface area contributed by atoms with Gasteiger partial charge in [0.1, 0.15) is 11.3 Å². The molecule has 3 rings (SSSR count). The van der Waals surface area contributed by atoms with E-state index in [9.17, 15) is 0 Å². The lowest BCUT2D eigenvalue weighted by atomic mass is 9.99. The zero-order chi connectivity index (χ0) is 11.2. The summed E-state index contributed by atoms with van der Waals surface area (Å²) in [4.78, 5) is 0. The minimum absolute atomic E-state index is 0.276. The molecule has 2 heteroatoms. The summed E-state index contributed by atoms with van der Waals surface area (Å²) >= 11 is 0. The van der Waals surface area contributed by atoms with Gasteiger partial charge in [-0.25, -0.2) is 0 Å². The molecular weight excluding hydrogens is 198 g/mol. The number of hydrogen-bond acceptors (Lipinski definition) is 2. The molecule has 0 unspecified atom stereocenters. The zero-order valence-electron chi connectivity index (χ0n) is 9.84. The molecule has 84 valence electrons. The first kappa shape index (κ1) is 9.91. The second-order valence-corrected chi connectivity index (χ2v) is 4.86. The van der Waals surface area contributed by atoms with Crippen molar-refractivity contribution < 1.29 is 4.42 Å². The van der Waals surface area contributed by atoms with Gasteiger partial charge in [0.25, 0.3) is 0 Å². The van der Waals surface area contributed by atoms with E-state index in [0.717, 1.165) is 12.1 Å². The van der Waals surface area contributed by atoms with E-state index in [1.807, 2.05) is 13.1 Å². The van der Waals surface area contributed by atoms with Gasteiger partial charge in [0.05, 0.1) is 0 Å². The van der Waals surface area contributed by atoms with Crippen LogP contribution in [0.15, 0.2) is 28.7 Å². The normalized spacial score (nSPS) is 17.9. The third kappa shape index (κ3) is 1.30. The highest BCUT2D eigenvalue weighted by Crippen LogP contribution is 2.50. The Morgan fingerprint density at radius 1 is 1.31 bits per heavy atom. The van der Waals surface area contributed by atoms with Gasteiger partial charge in [-0.3, -0.25) is 0 Å². The van der Waals surface area contributed by atoms with Crippen molar-refractivity contribution in [3.8, 4) is 0 Å². The molecule has 1 aliphatic rings. The summed E-state index contributed by atoms with van der Waals surface area (Å²) in [5, 5.41) is 4.54. The first-order valence-electron chi connectivity index (χ1n) is 5.90. The van der Waals surface area contributed by atoms with Crippen molar-refractivity contribution in [3.05, 3.63) is 35.6 Å². The molecule has 0 bridgehead atoms. The summed E-state index contributed by atoms with van der Waals surface area (Å²) in [6.45, 7) is 3.20. The molecule has 0 atom stereocenters. The van der Waals surface area contributed by atoms with Gasteiger partial charge in [-0.15, -0.1) is 0 Å². The van der Waals surface area contributed by atoms with Crippen LogP contribution < -0.4 is 5.32 Å². The monoisotopic (exact) mass is 215 g/mol. The first-order valence-corrected chi connectivity index (χ1v) is 5.90. The Labute approximate surface area is 95.6 Å². The highest BCUT2D eigenvalue weighted by molar-refractivity contribution is 5.82. The maximum absolute atomic E-state index is 6.04. The minimum Gasteiger partial charge on any atom is -0.460 e. The molecule has 2 nitrogen and oxygen atoms in total. The van der Waals surface area contributed by atoms with E-state index in [1.165, 1.54) is 29.6 Å². The number of furan rings is 1. The predicted octanol–water partition coefficient (Wildman–Crippen LogP) is 2.99. The molecule has 1 N–H and O–H groups in total. The molecule has 1 heterocycles. The SMILES string of the molecule is CNCC1(c2oc3ccccc3c2C)CC1. The Balaban J connectivity index is 2.14. The molecule has 0 aliphatic heterocycles. The summed E-state index contributed by atoms with van der Waals surface area (Å²) < 4.78 is 6.04. The van der Waals surface area contributed by atoms with Gasteiger partial charge < -0.3 is 9.73 Å². The van der Waals surface area contributed by atoms with E-state index in [1.54, 1.807) is 0 Å². The summed E-state index contributed by atoms with van der Waals surface area (Å²) in [6.07, 6.45) is 2.49. The molecule has 1 aromatic heterocycles. The molecule has 1 fully saturated rings. The average Bonchev–Trinajstić information content (AvgIpc) is 2.99. The number of para-hydroxylation sites is 1. The lowest BCUT2D eigenvalue weighted by Gasteiger charge is -2.12. The van der Waals surface area contributed by atoms with Crippen molar-refractivity contribution in [1.82, 2.24) is 5.32 Å². The Morgan fingerprint density at radius 3 is 2.69 bits per heavy atom. The van der Waals surface area contributed by atoms with E-state index >= 15 is 0 Å². The van der Waals surface area contributed by atoms with E-state index in [4.69, 9.17) is 4.42 Å². The molecule has 1 saturated carbocycles. The quantitative estimate of drug-likeness (QED) is 0.851. The molecule has 0 spiro atoms. The Hall–Kier alpha value is -1.28. The van der Waals surface area contributed by atoms with Gasteiger partial charge in [-0.1, -0.05) is 18.2 Å². The van der Waals surface area contributed by atoms with Crippen molar-refractivity contribution in [3.63, 3.8) is 0 Å². The van der Waals surface area contributed by atoms with Crippen LogP contribution in [-0.2, 0) is 5.41 Å². The van der Waals surface area contributed by atoms with E-state index < -0.39 is 0 Å². The largest absolute Gasteiger partial charge is 0.460 e. The molecule has 2 aromatic rings. The van der Waals surface area contributed by atoms with Gasteiger partial charge in [-0.05, 0) is 38.4 Å². The molecular formula is C14H17NO. The van der Waals surface area contributed by atoms with Gasteiger partial charge in [0, 0.05) is 17.3 Å². The van der Waals surface area contributed by atoms with Gasteiger partial charge in [0.2, 0.25) is 0 Å². The maximum Gasteiger partial charge on any atom is 0.134 e. The number of rotatable bonds is 3. The highest BCUT2D eigenvalue weighted by atomic mass is 16.3. The van der Waals surface area contributed by atoms with E-state index in [-0.39, 0.29) is 5.41 Å². The van der Waals surface area contributed by atoms with Gasteiger partial charge in [-0.2, -0.15) is 0 Å². The van der Waals surface area contributed by atoms with Crippen LogP contribution in [0.2, 0.25) is 0 Å². The summed E-state index contributed by atoms with van der Waals surface area (Å²) in [6, 6.07) is 8.31. The van der Waals surface area contributed by atoms with E-state index in [0.29, 0.717) is 0 Å². The van der Waals surface area contributed by atoms with Crippen molar-refractivity contribution in [1.29, 1.82) is 0 Å². The van der Waals surface area contributed by atoms with Crippen molar-refractivity contribution in [2.75, 3.05) is 13.6 Å². The van der Waals surface area contributed by atoms with Gasteiger partial charge in [0.15, 0.2) is 0 Å². The van der Waals surface area contributed by atoms with Crippen molar-refractivity contribution in [2.45, 2.75) is 25.2 Å². The van der Waals surface area contributed by atoms with Crippen LogP contribution in [0.1, 0.15) is 24.2 Å². The topological polar surface area (TPSA) is 25.2 Å². The van der Waals surface area contributed by atoms with Crippen molar-refractivity contribution in [2.24, 2.45) is 0 Å². The molecule has 16 heavy (non-hydrogen) atoms. The second kappa shape index (κ2) is 3.36. The predicted molar refractivity (Wildman–Crippen MR) is 65.8 cm³/mol. The lowest BCUT2D eigenvalue weighted by molar-refractivity contribution is 0.461. The second-order valence-electron chi connectivity index (χ2n) is 4.86. The first-order chi connectivity index (χ1) is 7.77. The molecule has 0 radical (unpaired) electrons. The number of benzene rings is 1. The summed E-state index contributed by atoms with van der Waals surface area (Å²) in [7, 11) is 2.01. The molecule has 1 aromatic carbocycles. The van der Waals surface area contributed by atoms with E-state index in [2.05, 4.69) is 30.4 Å². The number of hydrogen-bond donors (Lipinski definition) is 1. The molecule has 1 aliphatic carbocycles. The fraction of sp³-hybridized carbons (Fsp3) is 0.429. The number of likely N-dealkylation sites (N-methyl/N-ethyl adjacent to an activating group) is 1. The van der Waals surface area contributed by atoms with Crippen LogP contribution in [0, 0.1) is 6.92 Å². The third-order valence-electron chi connectivity index (χ3n) is 3.69. The van der Waals surface area contributed by atoms with Crippen LogP contribution in [0.25, 0.3) is 11.0 Å². The number of aryl methyl sites for hydroxylation is 1. The third-order valence-corrected chi connectivity index (χ3v) is 3.69. The highest BCUT2D eigenvalue weighted by Gasteiger charge is 2.47. The van der Waals surface area contributed by atoms with Crippen LogP contribution in [0.5, 0.6) is 0 Å². The van der Waals surface area contributed by atoms with Crippen LogP contribution >= 0.6 is 0 Å². The standard InChI is InChI=1S/C14H17NO/c1-10-11-5-3-4-6-12(11)16-13(10)14(7-8-14)9-15-2/h3-6,15H,7-9H2,1-2H3. The number of fused-ring (bicyclic) bond motifs is 1. The summed E-state index contributed by atoms with van der Waals surface area (Å²) in [5.41, 5.74) is 2.62. The minimum atomic E-state index is 0.276. The molecule has 0 saturated heterocycles. The van der Waals surface area contributed by atoms with Gasteiger partial charge >= 0.3 is 0 Å². The van der Waals surface area contributed by atoms with Crippen LogP contribution in [0.4, 0.5) is 0 Å². The van der Waals surface area contributed by atoms with Crippen LogP contribution in [-0.4, -0.2) is 13.6 Å². The zero-order valence-corrected chi connectivity index (χ0v) is 9.84. The fourth-order valence-corrected chi connectivity index (χ4v) is 2.65. The Morgan fingerprint density at radius 2 is 2.06 bits per heavy atom. The smallest absolute Gasteiger partial charge is 0.134 e. The Bertz CT molecular complexity index is 523. The average molecular weight is 215 g/mol. The number of nitrogens with one attached hydrogen (secondary N) is 1.